The van der Waals surface area contributed by atoms with Gasteiger partial charge in [0.1, 0.15) is 23.1 Å². The smallest absolute Gasteiger partial charge is 0.250 e. The number of carbonyl (C=O) groups excluding carboxylic acids is 1. The fourth-order valence-corrected chi connectivity index (χ4v) is 3.97. The molecule has 1 aliphatic carbocycles. The fourth-order valence-electron chi connectivity index (χ4n) is 3.97. The molecular weight excluding hydrogens is 420 g/mol. The van der Waals surface area contributed by atoms with E-state index in [4.69, 9.17) is 25.2 Å². The summed E-state index contributed by atoms with van der Waals surface area (Å²) in [7, 11) is 0. The van der Waals surface area contributed by atoms with Gasteiger partial charge in [-0.1, -0.05) is 0 Å². The molecule has 9 nitrogen and oxygen atoms in total. The predicted molar refractivity (Wildman–Crippen MR) is 122 cm³/mol. The van der Waals surface area contributed by atoms with E-state index >= 15 is 0 Å². The lowest BCUT2D eigenvalue weighted by atomic mass is 9.92. The van der Waals surface area contributed by atoms with Crippen molar-refractivity contribution in [1.29, 1.82) is 0 Å². The highest BCUT2D eigenvalue weighted by Gasteiger charge is 2.37. The molecule has 1 fully saturated rings. The lowest BCUT2D eigenvalue weighted by Gasteiger charge is -2.27. The van der Waals surface area contributed by atoms with E-state index in [2.05, 4.69) is 15.3 Å². The number of aromatic nitrogens is 4. The quantitative estimate of drug-likeness (QED) is 0.591. The average molecular weight is 447 g/mol. The van der Waals surface area contributed by atoms with E-state index in [1.54, 1.807) is 31.5 Å². The van der Waals surface area contributed by atoms with Gasteiger partial charge < -0.3 is 20.5 Å². The Bertz CT molecular complexity index is 1190. The summed E-state index contributed by atoms with van der Waals surface area (Å²) in [5, 5.41) is 2.87. The largest absolute Gasteiger partial charge is 0.485 e. The molecular formula is C24H26N6O3. The van der Waals surface area contributed by atoms with Crippen molar-refractivity contribution in [2.24, 2.45) is 5.73 Å². The zero-order chi connectivity index (χ0) is 23.0. The van der Waals surface area contributed by atoms with Gasteiger partial charge in [-0.3, -0.25) is 14.8 Å². The zero-order valence-electron chi connectivity index (χ0n) is 18.7. The Kier molecular flexibility index (Phi) is 5.51. The molecule has 1 aliphatic heterocycles. The van der Waals surface area contributed by atoms with Gasteiger partial charge in [-0.15, -0.1) is 0 Å². The molecule has 0 aromatic carbocycles. The first-order valence-corrected chi connectivity index (χ1v) is 11.0. The third kappa shape index (κ3) is 4.29. The molecule has 1 unspecified atom stereocenters. The lowest BCUT2D eigenvalue weighted by Crippen LogP contribution is -2.47. The summed E-state index contributed by atoms with van der Waals surface area (Å²) < 4.78 is 11.1. The molecule has 1 saturated heterocycles. The van der Waals surface area contributed by atoms with Crippen molar-refractivity contribution in [3.05, 3.63) is 59.3 Å². The molecule has 0 spiro atoms. The number of nitrogens with zero attached hydrogens (tertiary/aromatic N) is 4. The molecule has 4 heterocycles. The van der Waals surface area contributed by atoms with E-state index in [1.807, 2.05) is 19.1 Å². The molecule has 1 atom stereocenters. The van der Waals surface area contributed by atoms with Gasteiger partial charge in [-0.25, -0.2) is 9.97 Å². The summed E-state index contributed by atoms with van der Waals surface area (Å²) in [4.78, 5) is 31.4. The third-order valence-corrected chi connectivity index (χ3v) is 5.94. The number of aryl methyl sites for hydroxylation is 2. The van der Waals surface area contributed by atoms with Crippen molar-refractivity contribution in [3.8, 4) is 17.3 Å². The van der Waals surface area contributed by atoms with Crippen LogP contribution >= 0.6 is 0 Å². The Hall–Kier alpha value is -3.43. The number of nitrogens with one attached hydrogen (secondary N) is 1. The molecule has 0 bridgehead atoms. The second-order valence-electron chi connectivity index (χ2n) is 8.67. The molecule has 3 N–H and O–H groups in total. The van der Waals surface area contributed by atoms with Crippen molar-refractivity contribution >= 4 is 11.6 Å². The van der Waals surface area contributed by atoms with Crippen LogP contribution in [0.1, 0.15) is 36.0 Å². The normalized spacial score (nSPS) is 17.1. The number of anilines is 1. The van der Waals surface area contributed by atoms with Crippen LogP contribution in [0.15, 0.2) is 36.7 Å². The fraction of sp³-hybridized carbons (Fsp3) is 0.375. The van der Waals surface area contributed by atoms with E-state index in [0.717, 1.165) is 36.2 Å². The second kappa shape index (κ2) is 8.49. The standard InChI is InChI=1S/C24H26N6O3/c1-14-6-7-15(11-27-14)28-23(31)24(2,25)21-18-4-3-5-19(18)29-22(30-21)20-10-16(8-9-26-20)33-17-12-32-13-17/h6-11,17H,3-5,12-13,25H2,1-2H3,(H,28,31). The van der Waals surface area contributed by atoms with Crippen molar-refractivity contribution < 1.29 is 14.3 Å². The highest BCUT2D eigenvalue weighted by molar-refractivity contribution is 5.98. The number of nitrogens with two attached hydrogens (primary N) is 1. The van der Waals surface area contributed by atoms with Gasteiger partial charge in [0, 0.05) is 23.7 Å². The molecule has 3 aromatic heterocycles. The minimum atomic E-state index is -1.37. The van der Waals surface area contributed by atoms with Crippen molar-refractivity contribution in [3.63, 3.8) is 0 Å². The maximum Gasteiger partial charge on any atom is 0.250 e. The number of rotatable bonds is 6. The van der Waals surface area contributed by atoms with Gasteiger partial charge in [0.2, 0.25) is 5.91 Å². The predicted octanol–water partition coefficient (Wildman–Crippen LogP) is 2.32. The molecule has 9 heteroatoms. The SMILES string of the molecule is Cc1ccc(NC(=O)C(C)(N)c2nc(-c3cc(OC4COC4)ccn3)nc3c2CCC3)cn1. The first kappa shape index (κ1) is 21.4. The minimum Gasteiger partial charge on any atom is -0.485 e. The van der Waals surface area contributed by atoms with Gasteiger partial charge in [0.15, 0.2) is 5.82 Å². The number of pyridine rings is 2. The average Bonchev–Trinajstić information content (AvgIpc) is 3.26. The highest BCUT2D eigenvalue weighted by Crippen LogP contribution is 2.32. The number of ether oxygens (including phenoxy) is 2. The van der Waals surface area contributed by atoms with Crippen LogP contribution < -0.4 is 15.8 Å². The van der Waals surface area contributed by atoms with Crippen LogP contribution in [0.2, 0.25) is 0 Å². The molecule has 170 valence electrons. The van der Waals surface area contributed by atoms with Crippen LogP contribution in [-0.4, -0.2) is 45.2 Å². The summed E-state index contributed by atoms with van der Waals surface area (Å²) in [5.41, 5.74) is 9.66. The van der Waals surface area contributed by atoms with Gasteiger partial charge >= 0.3 is 0 Å². The maximum atomic E-state index is 13.2. The molecule has 3 aromatic rings. The second-order valence-corrected chi connectivity index (χ2v) is 8.67. The maximum absolute atomic E-state index is 13.2. The van der Waals surface area contributed by atoms with E-state index in [0.29, 0.717) is 41.9 Å². The van der Waals surface area contributed by atoms with Crippen LogP contribution in [-0.2, 0) is 27.9 Å². The van der Waals surface area contributed by atoms with Crippen LogP contribution in [0.4, 0.5) is 5.69 Å². The molecule has 5 rings (SSSR count). The topological polar surface area (TPSA) is 125 Å². The Morgan fingerprint density at radius 3 is 2.79 bits per heavy atom. The van der Waals surface area contributed by atoms with Crippen molar-refractivity contribution in [1.82, 2.24) is 19.9 Å². The number of hydrogen-bond donors (Lipinski definition) is 2. The van der Waals surface area contributed by atoms with Crippen LogP contribution in [0.3, 0.4) is 0 Å². The molecule has 0 radical (unpaired) electrons. The Morgan fingerprint density at radius 2 is 2.06 bits per heavy atom. The van der Waals surface area contributed by atoms with Crippen molar-refractivity contribution in [2.75, 3.05) is 18.5 Å². The van der Waals surface area contributed by atoms with Gasteiger partial charge in [-0.2, -0.15) is 0 Å². The highest BCUT2D eigenvalue weighted by atomic mass is 16.6. The number of amides is 1. The molecule has 2 aliphatic rings. The van der Waals surface area contributed by atoms with E-state index in [1.165, 1.54) is 0 Å². The summed E-state index contributed by atoms with van der Waals surface area (Å²) in [5.74, 6) is 0.753. The minimum absolute atomic E-state index is 0.0454. The van der Waals surface area contributed by atoms with Crippen LogP contribution in [0.5, 0.6) is 5.75 Å². The Labute approximate surface area is 191 Å². The first-order chi connectivity index (χ1) is 15.9. The summed E-state index contributed by atoms with van der Waals surface area (Å²) in [6.45, 7) is 4.72. The van der Waals surface area contributed by atoms with E-state index in [-0.39, 0.29) is 12.0 Å². The third-order valence-electron chi connectivity index (χ3n) is 5.94. The molecule has 33 heavy (non-hydrogen) atoms. The molecule has 1 amide bonds. The Morgan fingerprint density at radius 1 is 1.21 bits per heavy atom. The van der Waals surface area contributed by atoms with E-state index < -0.39 is 5.54 Å². The Balaban J connectivity index is 1.48. The molecule has 0 saturated carbocycles. The lowest BCUT2D eigenvalue weighted by molar-refractivity contribution is -0.121. The monoisotopic (exact) mass is 446 g/mol. The summed E-state index contributed by atoms with van der Waals surface area (Å²) >= 11 is 0. The van der Waals surface area contributed by atoms with Gasteiger partial charge in [0.25, 0.3) is 0 Å². The number of carbonyl (C=O) groups is 1. The van der Waals surface area contributed by atoms with Crippen LogP contribution in [0, 0.1) is 6.92 Å². The van der Waals surface area contributed by atoms with Gasteiger partial charge in [0.05, 0.1) is 30.8 Å². The van der Waals surface area contributed by atoms with E-state index in [9.17, 15) is 4.79 Å². The number of hydrogen-bond acceptors (Lipinski definition) is 8. The zero-order valence-corrected chi connectivity index (χ0v) is 18.7. The van der Waals surface area contributed by atoms with Gasteiger partial charge in [-0.05, 0) is 56.9 Å². The first-order valence-electron chi connectivity index (χ1n) is 11.0. The number of fused-ring (bicyclic) bond motifs is 1. The van der Waals surface area contributed by atoms with Crippen molar-refractivity contribution in [2.45, 2.75) is 44.8 Å². The summed E-state index contributed by atoms with van der Waals surface area (Å²) in [6, 6.07) is 7.24. The van der Waals surface area contributed by atoms with Crippen LogP contribution in [0.25, 0.3) is 11.5 Å². The summed E-state index contributed by atoms with van der Waals surface area (Å²) in [6.07, 6.45) is 5.87.